The Kier molecular flexibility index (Phi) is 3.96. The standard InChI is InChI=1S/C13H12F5NO/c1-6(20)7-4-2-3-5-19(7)13-11(17)9(15)8(14)10(16)12(13)18/h7H,2-5H2,1H3. The zero-order chi connectivity index (χ0) is 15.0. The van der Waals surface area contributed by atoms with Crippen LogP contribution in [0, 0.1) is 29.1 Å². The van der Waals surface area contributed by atoms with E-state index < -0.39 is 40.8 Å². The van der Waals surface area contributed by atoms with Gasteiger partial charge in [0.2, 0.25) is 5.82 Å². The lowest BCUT2D eigenvalue weighted by Crippen LogP contribution is -2.45. The van der Waals surface area contributed by atoms with E-state index in [2.05, 4.69) is 0 Å². The average Bonchev–Trinajstić information content (AvgIpc) is 2.43. The van der Waals surface area contributed by atoms with Crippen LogP contribution in [0.25, 0.3) is 0 Å². The highest BCUT2D eigenvalue weighted by molar-refractivity contribution is 5.85. The molecule has 1 fully saturated rings. The SMILES string of the molecule is CC(=O)C1CCCCN1c1c(F)c(F)c(F)c(F)c1F. The molecule has 110 valence electrons. The van der Waals surface area contributed by atoms with Gasteiger partial charge < -0.3 is 4.90 Å². The van der Waals surface area contributed by atoms with E-state index in [0.717, 1.165) is 4.90 Å². The fraction of sp³-hybridized carbons (Fsp3) is 0.462. The van der Waals surface area contributed by atoms with Gasteiger partial charge in [0.25, 0.3) is 0 Å². The first-order valence-corrected chi connectivity index (χ1v) is 6.14. The number of halogens is 5. The number of hydrogen-bond acceptors (Lipinski definition) is 2. The summed E-state index contributed by atoms with van der Waals surface area (Å²) in [5, 5.41) is 0. The minimum absolute atomic E-state index is 0.0720. The molecule has 0 aliphatic carbocycles. The van der Waals surface area contributed by atoms with Gasteiger partial charge in [-0.1, -0.05) is 0 Å². The molecule has 1 aromatic rings. The van der Waals surface area contributed by atoms with Crippen LogP contribution < -0.4 is 4.90 Å². The molecule has 1 aliphatic heterocycles. The van der Waals surface area contributed by atoms with Crippen molar-refractivity contribution in [3.63, 3.8) is 0 Å². The minimum Gasteiger partial charge on any atom is -0.357 e. The highest BCUT2D eigenvalue weighted by Crippen LogP contribution is 2.34. The number of carbonyl (C=O) groups excluding carboxylic acids is 1. The molecular weight excluding hydrogens is 281 g/mol. The Labute approximate surface area is 112 Å². The van der Waals surface area contributed by atoms with E-state index in [0.29, 0.717) is 19.3 Å². The molecule has 0 saturated carbocycles. The molecule has 0 aromatic heterocycles. The first-order chi connectivity index (χ1) is 9.36. The van der Waals surface area contributed by atoms with Crippen molar-refractivity contribution < 1.29 is 26.7 Å². The van der Waals surface area contributed by atoms with Crippen LogP contribution in [0.3, 0.4) is 0 Å². The molecule has 0 N–H and O–H groups in total. The Morgan fingerprint density at radius 2 is 1.45 bits per heavy atom. The van der Waals surface area contributed by atoms with Crippen molar-refractivity contribution in [3.05, 3.63) is 29.1 Å². The lowest BCUT2D eigenvalue weighted by Gasteiger charge is -2.36. The highest BCUT2D eigenvalue weighted by Gasteiger charge is 2.34. The van der Waals surface area contributed by atoms with Crippen molar-refractivity contribution in [1.29, 1.82) is 0 Å². The lowest BCUT2D eigenvalue weighted by atomic mass is 9.98. The van der Waals surface area contributed by atoms with Crippen LogP contribution >= 0.6 is 0 Å². The van der Waals surface area contributed by atoms with E-state index in [1.165, 1.54) is 6.92 Å². The summed E-state index contributed by atoms with van der Waals surface area (Å²) < 4.78 is 66.9. The third-order valence-electron chi connectivity index (χ3n) is 3.45. The Morgan fingerprint density at radius 3 is 1.95 bits per heavy atom. The highest BCUT2D eigenvalue weighted by atomic mass is 19.2. The summed E-state index contributed by atoms with van der Waals surface area (Å²) in [5.74, 6) is -10.3. The number of carbonyl (C=O) groups is 1. The maximum absolute atomic E-state index is 13.7. The molecule has 1 atom stereocenters. The van der Waals surface area contributed by atoms with Crippen molar-refractivity contribution in [2.75, 3.05) is 11.4 Å². The lowest BCUT2D eigenvalue weighted by molar-refractivity contribution is -0.118. The van der Waals surface area contributed by atoms with Gasteiger partial charge in [-0.05, 0) is 26.2 Å². The third-order valence-corrected chi connectivity index (χ3v) is 3.45. The van der Waals surface area contributed by atoms with Gasteiger partial charge in [-0.25, -0.2) is 22.0 Å². The van der Waals surface area contributed by atoms with Crippen LogP contribution in [0.5, 0.6) is 0 Å². The molecule has 1 aromatic carbocycles. The van der Waals surface area contributed by atoms with E-state index in [9.17, 15) is 26.7 Å². The predicted octanol–water partition coefficient (Wildman–Crippen LogP) is 3.33. The molecule has 1 saturated heterocycles. The first kappa shape index (κ1) is 14.7. The summed E-state index contributed by atoms with van der Waals surface area (Å²) in [6.07, 6.45) is 1.51. The number of piperidine rings is 1. The smallest absolute Gasteiger partial charge is 0.200 e. The molecule has 0 bridgehead atoms. The summed E-state index contributed by atoms with van der Waals surface area (Å²) in [6.45, 7) is 1.30. The van der Waals surface area contributed by atoms with Crippen molar-refractivity contribution in [2.45, 2.75) is 32.2 Å². The largest absolute Gasteiger partial charge is 0.357 e. The van der Waals surface area contributed by atoms with Crippen LogP contribution in [0.1, 0.15) is 26.2 Å². The zero-order valence-electron chi connectivity index (χ0n) is 10.7. The van der Waals surface area contributed by atoms with Gasteiger partial charge >= 0.3 is 0 Å². The van der Waals surface area contributed by atoms with Gasteiger partial charge in [0.15, 0.2) is 29.1 Å². The fourth-order valence-electron chi connectivity index (χ4n) is 2.47. The Hall–Kier alpha value is -1.66. The van der Waals surface area contributed by atoms with Gasteiger partial charge in [0.05, 0.1) is 6.04 Å². The Bertz CT molecular complexity index is 531. The molecule has 2 rings (SSSR count). The number of anilines is 1. The molecule has 1 unspecified atom stereocenters. The van der Waals surface area contributed by atoms with Crippen molar-refractivity contribution in [1.82, 2.24) is 0 Å². The molecular formula is C13H12F5NO. The second-order valence-corrected chi connectivity index (χ2v) is 4.73. The third kappa shape index (κ3) is 2.25. The number of nitrogens with zero attached hydrogens (tertiary/aromatic N) is 1. The Morgan fingerprint density at radius 1 is 0.950 bits per heavy atom. The predicted molar refractivity (Wildman–Crippen MR) is 61.9 cm³/mol. The first-order valence-electron chi connectivity index (χ1n) is 6.14. The fourth-order valence-corrected chi connectivity index (χ4v) is 2.47. The normalized spacial score (nSPS) is 19.3. The van der Waals surface area contributed by atoms with Crippen LogP contribution in [-0.4, -0.2) is 18.4 Å². The summed E-state index contributed by atoms with van der Waals surface area (Å²) in [7, 11) is 0. The van der Waals surface area contributed by atoms with E-state index in [4.69, 9.17) is 0 Å². The maximum Gasteiger partial charge on any atom is 0.200 e. The molecule has 0 amide bonds. The van der Waals surface area contributed by atoms with Crippen LogP contribution in [0.2, 0.25) is 0 Å². The Balaban J connectivity index is 2.59. The second-order valence-electron chi connectivity index (χ2n) is 4.73. The summed E-state index contributed by atoms with van der Waals surface area (Å²) >= 11 is 0. The summed E-state index contributed by atoms with van der Waals surface area (Å²) in [6, 6.07) is -0.864. The van der Waals surface area contributed by atoms with E-state index in [-0.39, 0.29) is 12.3 Å². The topological polar surface area (TPSA) is 20.3 Å². The average molecular weight is 293 g/mol. The van der Waals surface area contributed by atoms with Crippen molar-refractivity contribution >= 4 is 11.5 Å². The van der Waals surface area contributed by atoms with Gasteiger partial charge in [0, 0.05) is 6.54 Å². The van der Waals surface area contributed by atoms with Crippen LogP contribution in [0.15, 0.2) is 0 Å². The number of Topliss-reactive ketones (excluding diaryl/α,β-unsaturated/α-hetero) is 1. The van der Waals surface area contributed by atoms with Gasteiger partial charge in [-0.15, -0.1) is 0 Å². The molecule has 1 heterocycles. The summed E-state index contributed by atoms with van der Waals surface area (Å²) in [5.41, 5.74) is -1.01. The minimum atomic E-state index is -2.19. The quantitative estimate of drug-likeness (QED) is 0.473. The number of hydrogen-bond donors (Lipinski definition) is 0. The number of rotatable bonds is 2. The zero-order valence-corrected chi connectivity index (χ0v) is 10.7. The molecule has 7 heteroatoms. The van der Waals surface area contributed by atoms with Gasteiger partial charge in [0.1, 0.15) is 5.69 Å². The summed E-state index contributed by atoms with van der Waals surface area (Å²) in [4.78, 5) is 12.5. The molecule has 20 heavy (non-hydrogen) atoms. The van der Waals surface area contributed by atoms with E-state index in [1.54, 1.807) is 0 Å². The second kappa shape index (κ2) is 5.38. The van der Waals surface area contributed by atoms with Gasteiger partial charge in [-0.2, -0.15) is 0 Å². The van der Waals surface area contributed by atoms with Crippen molar-refractivity contribution in [2.24, 2.45) is 0 Å². The molecule has 1 aliphatic rings. The van der Waals surface area contributed by atoms with Crippen LogP contribution in [-0.2, 0) is 4.79 Å². The maximum atomic E-state index is 13.7. The number of ketones is 1. The van der Waals surface area contributed by atoms with E-state index in [1.807, 2.05) is 0 Å². The van der Waals surface area contributed by atoms with E-state index >= 15 is 0 Å². The van der Waals surface area contributed by atoms with Gasteiger partial charge in [-0.3, -0.25) is 4.79 Å². The molecule has 0 spiro atoms. The monoisotopic (exact) mass is 293 g/mol. The van der Waals surface area contributed by atoms with Crippen LogP contribution in [0.4, 0.5) is 27.6 Å². The molecule has 2 nitrogen and oxygen atoms in total. The number of benzene rings is 1. The molecule has 0 radical (unpaired) electrons. The van der Waals surface area contributed by atoms with Crippen molar-refractivity contribution in [3.8, 4) is 0 Å².